The molecule has 104 valence electrons. The molecule has 0 saturated carbocycles. The monoisotopic (exact) mass is 311 g/mol. The molecule has 4 nitrogen and oxygen atoms in total. The zero-order valence-corrected chi connectivity index (χ0v) is 12.7. The molecular weight excluding hydrogens is 293 g/mol. The molecule has 1 atom stereocenters. The Morgan fingerprint density at radius 1 is 1.61 bits per heavy atom. The highest BCUT2D eigenvalue weighted by molar-refractivity contribution is 7.11. The van der Waals surface area contributed by atoms with Crippen molar-refractivity contribution < 1.29 is 4.79 Å². The van der Waals surface area contributed by atoms with Crippen LogP contribution in [0.4, 0.5) is 0 Å². The van der Waals surface area contributed by atoms with Gasteiger partial charge in [0.15, 0.2) is 0 Å². The molecule has 1 amide bonds. The minimum absolute atomic E-state index is 0. The summed E-state index contributed by atoms with van der Waals surface area (Å²) in [5.41, 5.74) is 0. The number of aromatic nitrogens is 1. The molecule has 2 rings (SSSR count). The second-order valence-electron chi connectivity index (χ2n) is 4.12. The number of amides is 1. The summed E-state index contributed by atoms with van der Waals surface area (Å²) in [7, 11) is 0. The minimum atomic E-state index is 0. The van der Waals surface area contributed by atoms with E-state index < -0.39 is 0 Å². The van der Waals surface area contributed by atoms with Gasteiger partial charge in [-0.2, -0.15) is 0 Å². The topological polar surface area (TPSA) is 54.0 Å². The van der Waals surface area contributed by atoms with Crippen LogP contribution in [0.25, 0.3) is 0 Å². The number of thiazole rings is 1. The van der Waals surface area contributed by atoms with Crippen molar-refractivity contribution in [2.75, 3.05) is 6.54 Å². The average Bonchev–Trinajstić information content (AvgIpc) is 2.87. The Kier molecular flexibility index (Phi) is 8.52. The van der Waals surface area contributed by atoms with Gasteiger partial charge in [0.25, 0.3) is 0 Å². The van der Waals surface area contributed by atoms with Crippen molar-refractivity contribution in [3.63, 3.8) is 0 Å². The SMILES string of the molecule is Cc1ncc(CNC(=O)CC2CCCN2)s1.Cl.Cl. The van der Waals surface area contributed by atoms with Crippen LogP contribution in [0.3, 0.4) is 0 Å². The summed E-state index contributed by atoms with van der Waals surface area (Å²) in [6.45, 7) is 3.63. The standard InChI is InChI=1S/C11H17N3OS.2ClH/c1-8-13-6-10(16-8)7-14-11(15)5-9-3-2-4-12-9;;/h6,9,12H,2-5,7H2,1H3,(H,14,15);2*1H. The molecule has 18 heavy (non-hydrogen) atoms. The van der Waals surface area contributed by atoms with Crippen LogP contribution in [0.5, 0.6) is 0 Å². The number of rotatable bonds is 4. The number of carbonyl (C=O) groups excluding carboxylic acids is 1. The molecule has 0 aromatic carbocycles. The van der Waals surface area contributed by atoms with E-state index >= 15 is 0 Å². The van der Waals surface area contributed by atoms with Gasteiger partial charge in [-0.05, 0) is 26.3 Å². The first-order valence-corrected chi connectivity index (χ1v) is 6.47. The summed E-state index contributed by atoms with van der Waals surface area (Å²) in [6.07, 6.45) is 4.73. The number of hydrogen-bond acceptors (Lipinski definition) is 4. The average molecular weight is 312 g/mol. The lowest BCUT2D eigenvalue weighted by atomic mass is 10.1. The summed E-state index contributed by atoms with van der Waals surface area (Å²) < 4.78 is 0. The zero-order chi connectivity index (χ0) is 11.4. The van der Waals surface area contributed by atoms with E-state index in [2.05, 4.69) is 15.6 Å². The molecule has 0 spiro atoms. The van der Waals surface area contributed by atoms with Crippen molar-refractivity contribution in [1.82, 2.24) is 15.6 Å². The van der Waals surface area contributed by atoms with E-state index in [1.807, 2.05) is 13.1 Å². The van der Waals surface area contributed by atoms with Crippen molar-refractivity contribution in [2.24, 2.45) is 0 Å². The van der Waals surface area contributed by atoms with Crippen molar-refractivity contribution in [2.45, 2.75) is 38.8 Å². The zero-order valence-electron chi connectivity index (χ0n) is 10.3. The van der Waals surface area contributed by atoms with E-state index in [1.165, 1.54) is 6.42 Å². The van der Waals surface area contributed by atoms with Crippen LogP contribution >= 0.6 is 36.2 Å². The van der Waals surface area contributed by atoms with Crippen LogP contribution in [-0.2, 0) is 11.3 Å². The molecule has 1 aromatic heterocycles. The Hall–Kier alpha value is -0.360. The molecule has 0 radical (unpaired) electrons. The smallest absolute Gasteiger partial charge is 0.221 e. The Morgan fingerprint density at radius 2 is 2.39 bits per heavy atom. The van der Waals surface area contributed by atoms with Crippen LogP contribution in [-0.4, -0.2) is 23.5 Å². The molecule has 1 aliphatic heterocycles. The van der Waals surface area contributed by atoms with Crippen molar-refractivity contribution in [3.05, 3.63) is 16.1 Å². The summed E-state index contributed by atoms with van der Waals surface area (Å²) in [4.78, 5) is 16.9. The number of nitrogens with one attached hydrogen (secondary N) is 2. The third kappa shape index (κ3) is 5.52. The lowest BCUT2D eigenvalue weighted by molar-refractivity contribution is -0.121. The van der Waals surface area contributed by atoms with E-state index in [1.54, 1.807) is 11.3 Å². The van der Waals surface area contributed by atoms with Gasteiger partial charge in [-0.3, -0.25) is 4.79 Å². The van der Waals surface area contributed by atoms with E-state index in [0.29, 0.717) is 19.0 Å². The number of nitrogens with zero attached hydrogens (tertiary/aromatic N) is 1. The molecular formula is C11H19Cl2N3OS. The first-order valence-electron chi connectivity index (χ1n) is 5.65. The lowest BCUT2D eigenvalue weighted by Crippen LogP contribution is -2.31. The van der Waals surface area contributed by atoms with Gasteiger partial charge in [-0.25, -0.2) is 4.98 Å². The van der Waals surface area contributed by atoms with Crippen molar-refractivity contribution >= 4 is 42.1 Å². The minimum Gasteiger partial charge on any atom is -0.351 e. The largest absolute Gasteiger partial charge is 0.351 e. The predicted octanol–water partition coefficient (Wildman–Crippen LogP) is 2.05. The number of carbonyl (C=O) groups is 1. The number of halogens is 2. The normalized spacial score (nSPS) is 17.7. The third-order valence-electron chi connectivity index (χ3n) is 2.72. The van der Waals surface area contributed by atoms with E-state index in [0.717, 1.165) is 22.9 Å². The first-order chi connectivity index (χ1) is 7.74. The van der Waals surface area contributed by atoms with Crippen LogP contribution in [0.2, 0.25) is 0 Å². The maximum Gasteiger partial charge on any atom is 0.221 e. The molecule has 0 bridgehead atoms. The maximum absolute atomic E-state index is 11.6. The Bertz CT molecular complexity index is 367. The Balaban J connectivity index is 0.00000144. The summed E-state index contributed by atoms with van der Waals surface area (Å²) in [5.74, 6) is 0.130. The summed E-state index contributed by atoms with van der Waals surface area (Å²) >= 11 is 1.63. The Morgan fingerprint density at radius 3 is 2.94 bits per heavy atom. The fourth-order valence-electron chi connectivity index (χ4n) is 1.90. The number of aryl methyl sites for hydroxylation is 1. The predicted molar refractivity (Wildman–Crippen MR) is 78.8 cm³/mol. The van der Waals surface area contributed by atoms with Gasteiger partial charge < -0.3 is 10.6 Å². The highest BCUT2D eigenvalue weighted by Crippen LogP contribution is 2.11. The third-order valence-corrected chi connectivity index (χ3v) is 3.64. The highest BCUT2D eigenvalue weighted by atomic mass is 35.5. The lowest BCUT2D eigenvalue weighted by Gasteiger charge is -2.09. The quantitative estimate of drug-likeness (QED) is 0.895. The molecule has 1 saturated heterocycles. The second kappa shape index (κ2) is 8.69. The van der Waals surface area contributed by atoms with E-state index in [4.69, 9.17) is 0 Å². The van der Waals surface area contributed by atoms with Crippen LogP contribution in [0.15, 0.2) is 6.20 Å². The molecule has 1 unspecified atom stereocenters. The van der Waals surface area contributed by atoms with Gasteiger partial charge in [0.05, 0.1) is 11.6 Å². The van der Waals surface area contributed by atoms with Gasteiger partial charge in [-0.1, -0.05) is 0 Å². The van der Waals surface area contributed by atoms with Gasteiger partial charge in [0.1, 0.15) is 0 Å². The molecule has 2 heterocycles. The fourth-order valence-corrected chi connectivity index (χ4v) is 2.63. The highest BCUT2D eigenvalue weighted by Gasteiger charge is 2.17. The van der Waals surface area contributed by atoms with Gasteiger partial charge in [-0.15, -0.1) is 36.2 Å². The summed E-state index contributed by atoms with van der Waals surface area (Å²) in [5, 5.41) is 7.29. The molecule has 1 aliphatic rings. The van der Waals surface area contributed by atoms with E-state index in [-0.39, 0.29) is 30.7 Å². The van der Waals surface area contributed by atoms with Gasteiger partial charge in [0.2, 0.25) is 5.91 Å². The molecule has 1 aromatic rings. The maximum atomic E-state index is 11.6. The summed E-state index contributed by atoms with van der Waals surface area (Å²) in [6, 6.07) is 0.378. The molecule has 0 aliphatic carbocycles. The molecule has 7 heteroatoms. The van der Waals surface area contributed by atoms with Gasteiger partial charge >= 0.3 is 0 Å². The van der Waals surface area contributed by atoms with Crippen molar-refractivity contribution in [3.8, 4) is 0 Å². The first kappa shape index (κ1) is 17.6. The fraction of sp³-hybridized carbons (Fsp3) is 0.636. The van der Waals surface area contributed by atoms with Gasteiger partial charge in [0, 0.05) is 23.5 Å². The molecule has 1 fully saturated rings. The van der Waals surface area contributed by atoms with Crippen LogP contribution in [0, 0.1) is 6.92 Å². The number of hydrogen-bond donors (Lipinski definition) is 2. The Labute approximate surface area is 124 Å². The van der Waals surface area contributed by atoms with Crippen LogP contribution in [0.1, 0.15) is 29.1 Å². The van der Waals surface area contributed by atoms with E-state index in [9.17, 15) is 4.79 Å². The van der Waals surface area contributed by atoms with Crippen LogP contribution < -0.4 is 10.6 Å². The van der Waals surface area contributed by atoms with Crippen molar-refractivity contribution in [1.29, 1.82) is 0 Å². The second-order valence-corrected chi connectivity index (χ2v) is 5.44. The molecule has 2 N–H and O–H groups in total.